The molecule has 0 amide bonds. The Balaban J connectivity index is 2.70. The van der Waals surface area contributed by atoms with Crippen molar-refractivity contribution in [1.82, 2.24) is 20.3 Å². The normalized spacial score (nSPS) is 12.4. The van der Waals surface area contributed by atoms with Crippen LogP contribution in [0.15, 0.2) is 4.60 Å². The van der Waals surface area contributed by atoms with Crippen molar-refractivity contribution in [3.63, 3.8) is 0 Å². The van der Waals surface area contributed by atoms with Gasteiger partial charge in [0.25, 0.3) is 0 Å². The highest BCUT2D eigenvalue weighted by Gasteiger charge is 2.27. The topological polar surface area (TPSA) is 42.7 Å². The quantitative estimate of drug-likeness (QED) is 0.904. The van der Waals surface area contributed by atoms with Gasteiger partial charge in [-0.15, -0.1) is 5.10 Å². The summed E-state index contributed by atoms with van der Waals surface area (Å²) in [4.78, 5) is 0. The zero-order valence-corrected chi connectivity index (χ0v) is 12.3. The maximum Gasteiger partial charge on any atom is 0.152 e. The first-order valence-electron chi connectivity index (χ1n) is 5.63. The van der Waals surface area contributed by atoms with Crippen LogP contribution >= 0.6 is 15.9 Å². The molecule has 0 aliphatic carbocycles. The van der Waals surface area contributed by atoms with Gasteiger partial charge in [-0.1, -0.05) is 32.9 Å². The highest BCUT2D eigenvalue weighted by molar-refractivity contribution is 9.10. The average molecular weight is 289 g/mol. The van der Waals surface area contributed by atoms with E-state index in [1.807, 2.05) is 11.7 Å². The fourth-order valence-corrected chi connectivity index (χ4v) is 2.71. The minimum atomic E-state index is 0.0684. The van der Waals surface area contributed by atoms with Crippen molar-refractivity contribution in [2.75, 3.05) is 6.54 Å². The molecule has 0 saturated carbocycles. The second-order valence-corrected chi connectivity index (χ2v) is 5.85. The first-order valence-corrected chi connectivity index (χ1v) is 6.43. The van der Waals surface area contributed by atoms with Crippen LogP contribution in [0.3, 0.4) is 0 Å². The number of aryl methyl sites for hydroxylation is 1. The van der Waals surface area contributed by atoms with Gasteiger partial charge in [0.2, 0.25) is 0 Å². The van der Waals surface area contributed by atoms with E-state index in [2.05, 4.69) is 59.3 Å². The summed E-state index contributed by atoms with van der Waals surface area (Å²) < 4.78 is 2.70. The lowest BCUT2D eigenvalue weighted by atomic mass is 9.86. The predicted octanol–water partition coefficient (Wildman–Crippen LogP) is 2.24. The van der Waals surface area contributed by atoms with E-state index in [-0.39, 0.29) is 5.41 Å². The molecule has 0 radical (unpaired) electrons. The van der Waals surface area contributed by atoms with Crippen LogP contribution in [-0.2, 0) is 12.5 Å². The number of rotatable bonds is 5. The molecule has 0 unspecified atom stereocenters. The van der Waals surface area contributed by atoms with Gasteiger partial charge in [-0.2, -0.15) is 0 Å². The molecule has 5 heteroatoms. The standard InChI is InChI=1S/C11H21BrN4/c1-8(2)13-7-6-11(3,4)9-10(12)14-15-16(9)5/h8,13H,6-7H2,1-5H3. The van der Waals surface area contributed by atoms with Gasteiger partial charge >= 0.3 is 0 Å². The van der Waals surface area contributed by atoms with Crippen molar-refractivity contribution in [3.05, 3.63) is 10.3 Å². The summed E-state index contributed by atoms with van der Waals surface area (Å²) >= 11 is 3.46. The Bertz CT molecular complexity index is 324. The molecule has 4 nitrogen and oxygen atoms in total. The zero-order valence-electron chi connectivity index (χ0n) is 10.7. The number of nitrogens with zero attached hydrogens (tertiary/aromatic N) is 3. The minimum absolute atomic E-state index is 0.0684. The number of hydrogen-bond donors (Lipinski definition) is 1. The van der Waals surface area contributed by atoms with Crippen molar-refractivity contribution in [1.29, 1.82) is 0 Å². The van der Waals surface area contributed by atoms with Crippen LogP contribution < -0.4 is 5.32 Å². The third-order valence-corrected chi connectivity index (χ3v) is 3.26. The molecule has 0 spiro atoms. The van der Waals surface area contributed by atoms with E-state index in [1.165, 1.54) is 0 Å². The molecule has 1 heterocycles. The van der Waals surface area contributed by atoms with E-state index in [0.717, 1.165) is 23.3 Å². The first kappa shape index (κ1) is 13.6. The molecule has 0 aromatic carbocycles. The largest absolute Gasteiger partial charge is 0.314 e. The minimum Gasteiger partial charge on any atom is -0.314 e. The van der Waals surface area contributed by atoms with Gasteiger partial charge in [0, 0.05) is 18.5 Å². The SMILES string of the molecule is CC(C)NCCC(C)(C)c1c(Br)nnn1C. The molecule has 0 bridgehead atoms. The monoisotopic (exact) mass is 288 g/mol. The summed E-state index contributed by atoms with van der Waals surface area (Å²) in [6.45, 7) is 9.77. The smallest absolute Gasteiger partial charge is 0.152 e. The summed E-state index contributed by atoms with van der Waals surface area (Å²) in [7, 11) is 1.94. The van der Waals surface area contributed by atoms with Crippen molar-refractivity contribution < 1.29 is 0 Å². The van der Waals surface area contributed by atoms with E-state index in [1.54, 1.807) is 0 Å². The lowest BCUT2D eigenvalue weighted by Crippen LogP contribution is -2.31. The van der Waals surface area contributed by atoms with Crippen molar-refractivity contribution in [2.24, 2.45) is 7.05 Å². The van der Waals surface area contributed by atoms with Crippen LogP contribution in [0.25, 0.3) is 0 Å². The third-order valence-electron chi connectivity index (χ3n) is 2.73. The van der Waals surface area contributed by atoms with E-state index in [0.29, 0.717) is 6.04 Å². The summed E-state index contributed by atoms with van der Waals surface area (Å²) in [5.74, 6) is 0. The summed E-state index contributed by atoms with van der Waals surface area (Å²) in [6, 6.07) is 0.531. The van der Waals surface area contributed by atoms with E-state index < -0.39 is 0 Å². The summed E-state index contributed by atoms with van der Waals surface area (Å²) in [6.07, 6.45) is 1.06. The molecule has 1 rings (SSSR count). The Hall–Kier alpha value is -0.420. The van der Waals surface area contributed by atoms with Crippen LogP contribution in [0.5, 0.6) is 0 Å². The fourth-order valence-electron chi connectivity index (χ4n) is 1.84. The van der Waals surface area contributed by atoms with E-state index in [4.69, 9.17) is 0 Å². The Morgan fingerprint density at radius 1 is 1.44 bits per heavy atom. The van der Waals surface area contributed by atoms with Crippen LogP contribution in [0.4, 0.5) is 0 Å². The highest BCUT2D eigenvalue weighted by atomic mass is 79.9. The molecular weight excluding hydrogens is 268 g/mol. The van der Waals surface area contributed by atoms with Crippen LogP contribution in [0.1, 0.15) is 39.8 Å². The fraction of sp³-hybridized carbons (Fsp3) is 0.818. The van der Waals surface area contributed by atoms with E-state index >= 15 is 0 Å². The molecule has 0 aliphatic heterocycles. The van der Waals surface area contributed by atoms with Crippen molar-refractivity contribution >= 4 is 15.9 Å². The average Bonchev–Trinajstić information content (AvgIpc) is 2.45. The lowest BCUT2D eigenvalue weighted by Gasteiger charge is -2.25. The molecule has 0 fully saturated rings. The van der Waals surface area contributed by atoms with Gasteiger partial charge in [0.1, 0.15) is 0 Å². The van der Waals surface area contributed by atoms with Crippen LogP contribution in [0, 0.1) is 0 Å². The first-order chi connectivity index (χ1) is 7.34. The van der Waals surface area contributed by atoms with Gasteiger partial charge in [0.15, 0.2) is 4.60 Å². The van der Waals surface area contributed by atoms with Crippen molar-refractivity contribution in [3.8, 4) is 0 Å². The third kappa shape index (κ3) is 3.28. The predicted molar refractivity (Wildman–Crippen MR) is 69.5 cm³/mol. The van der Waals surface area contributed by atoms with Crippen molar-refractivity contribution in [2.45, 2.75) is 45.6 Å². The zero-order chi connectivity index (χ0) is 12.3. The molecule has 1 N–H and O–H groups in total. The Morgan fingerprint density at radius 3 is 2.50 bits per heavy atom. The van der Waals surface area contributed by atoms with Crippen LogP contribution in [0.2, 0.25) is 0 Å². The Morgan fingerprint density at radius 2 is 2.06 bits per heavy atom. The molecular formula is C11H21BrN4. The van der Waals surface area contributed by atoms with Crippen LogP contribution in [-0.4, -0.2) is 27.6 Å². The molecule has 92 valence electrons. The molecule has 1 aromatic heterocycles. The summed E-state index contributed by atoms with van der Waals surface area (Å²) in [5.41, 5.74) is 1.22. The molecule has 0 saturated heterocycles. The maximum absolute atomic E-state index is 4.03. The molecule has 0 aliphatic rings. The number of hydrogen-bond acceptors (Lipinski definition) is 3. The Kier molecular flexibility index (Phi) is 4.50. The molecule has 1 aromatic rings. The number of halogens is 1. The second kappa shape index (κ2) is 5.27. The molecule has 16 heavy (non-hydrogen) atoms. The maximum atomic E-state index is 4.03. The van der Waals surface area contributed by atoms with Gasteiger partial charge in [-0.3, -0.25) is 4.68 Å². The number of nitrogens with one attached hydrogen (secondary N) is 1. The van der Waals surface area contributed by atoms with Gasteiger partial charge < -0.3 is 5.32 Å². The molecule has 0 atom stereocenters. The van der Waals surface area contributed by atoms with Gasteiger partial charge in [-0.05, 0) is 28.9 Å². The number of aromatic nitrogens is 3. The van der Waals surface area contributed by atoms with E-state index in [9.17, 15) is 0 Å². The van der Waals surface area contributed by atoms with Gasteiger partial charge in [0.05, 0.1) is 5.69 Å². The Labute approximate surface area is 106 Å². The second-order valence-electron chi connectivity index (χ2n) is 5.10. The summed E-state index contributed by atoms with van der Waals surface area (Å²) in [5, 5.41) is 11.5. The highest BCUT2D eigenvalue weighted by Crippen LogP contribution is 2.30. The lowest BCUT2D eigenvalue weighted by molar-refractivity contribution is 0.413. The van der Waals surface area contributed by atoms with Gasteiger partial charge in [-0.25, -0.2) is 0 Å².